The maximum absolute atomic E-state index is 10.7. The normalized spacial score (nSPS) is 23.5. The minimum Gasteiger partial charge on any atom is -0.263 e. The molecule has 0 spiro atoms. The molecule has 0 atom stereocenters. The zero-order valence-electron chi connectivity index (χ0n) is 7.49. The van der Waals surface area contributed by atoms with Crippen LogP contribution in [0.3, 0.4) is 0 Å². The predicted molar refractivity (Wildman–Crippen MR) is 49.9 cm³/mol. The minimum atomic E-state index is -1.02. The Morgan fingerprint density at radius 1 is 1.31 bits per heavy atom. The number of rotatable bonds is 1. The number of allylic oxidation sites excluding steroid dienone is 4. The van der Waals surface area contributed by atoms with Gasteiger partial charge in [0.05, 0.1) is 0 Å². The van der Waals surface area contributed by atoms with Crippen molar-refractivity contribution in [2.45, 2.75) is 25.3 Å². The van der Waals surface area contributed by atoms with Gasteiger partial charge in [0, 0.05) is 11.8 Å². The maximum Gasteiger partial charge on any atom is 0.256 e. The van der Waals surface area contributed by atoms with Gasteiger partial charge in [0.15, 0.2) is 0 Å². The summed E-state index contributed by atoms with van der Waals surface area (Å²) in [6, 6.07) is 0. The van der Waals surface area contributed by atoms with Crippen LogP contribution < -0.4 is 0 Å². The zero-order valence-corrected chi connectivity index (χ0v) is 7.49. The van der Waals surface area contributed by atoms with Crippen LogP contribution in [0.4, 0.5) is 0 Å². The van der Waals surface area contributed by atoms with Crippen LogP contribution in [0.1, 0.15) is 19.8 Å². The van der Waals surface area contributed by atoms with Crippen molar-refractivity contribution in [3.63, 3.8) is 0 Å². The molecule has 0 unspecified atom stereocenters. The molecule has 0 N–H and O–H groups in total. The molecular weight excluding hydrogens is 166 g/mol. The van der Waals surface area contributed by atoms with Gasteiger partial charge < -0.3 is 0 Å². The fourth-order valence-electron chi connectivity index (χ4n) is 1.51. The first-order valence-corrected chi connectivity index (χ1v) is 4.37. The standard InChI is InChI=1S/C10H11NO2/c1-10(11(12)13)6-4-8-2-3-9(8)5-7-10/h4-7H,2-3H2,1H3. The molecule has 2 aliphatic rings. The molecule has 0 aromatic heterocycles. The van der Waals surface area contributed by atoms with Gasteiger partial charge in [-0.2, -0.15) is 0 Å². The van der Waals surface area contributed by atoms with Crippen LogP contribution in [-0.2, 0) is 0 Å². The third kappa shape index (κ3) is 1.20. The molecule has 0 fully saturated rings. The van der Waals surface area contributed by atoms with Crippen LogP contribution >= 0.6 is 0 Å². The van der Waals surface area contributed by atoms with Crippen LogP contribution in [0.25, 0.3) is 0 Å². The van der Waals surface area contributed by atoms with Gasteiger partial charge in [-0.25, -0.2) is 0 Å². The number of nitro groups is 1. The molecule has 0 bridgehead atoms. The summed E-state index contributed by atoms with van der Waals surface area (Å²) < 4.78 is 0. The molecule has 0 radical (unpaired) electrons. The molecular formula is C10H11NO2. The monoisotopic (exact) mass is 177 g/mol. The highest BCUT2D eigenvalue weighted by Crippen LogP contribution is 2.33. The highest BCUT2D eigenvalue weighted by atomic mass is 16.6. The van der Waals surface area contributed by atoms with Crippen LogP contribution in [0.5, 0.6) is 0 Å². The Morgan fingerprint density at radius 2 is 1.77 bits per heavy atom. The summed E-state index contributed by atoms with van der Waals surface area (Å²) >= 11 is 0. The van der Waals surface area contributed by atoms with Crippen LogP contribution in [0.2, 0.25) is 0 Å². The van der Waals surface area contributed by atoms with Crippen molar-refractivity contribution < 1.29 is 4.92 Å². The summed E-state index contributed by atoms with van der Waals surface area (Å²) in [7, 11) is 0. The van der Waals surface area contributed by atoms with E-state index in [1.807, 2.05) is 12.2 Å². The predicted octanol–water partition coefficient (Wildman–Crippen LogP) is 2.24. The lowest BCUT2D eigenvalue weighted by Crippen LogP contribution is -2.29. The first kappa shape index (κ1) is 8.23. The molecule has 0 saturated heterocycles. The van der Waals surface area contributed by atoms with E-state index in [-0.39, 0.29) is 4.92 Å². The van der Waals surface area contributed by atoms with Crippen LogP contribution in [-0.4, -0.2) is 10.5 Å². The molecule has 2 rings (SSSR count). The zero-order chi connectivity index (χ0) is 9.47. The van der Waals surface area contributed by atoms with Gasteiger partial charge in [0.25, 0.3) is 5.54 Å². The van der Waals surface area contributed by atoms with Gasteiger partial charge in [0.1, 0.15) is 0 Å². The van der Waals surface area contributed by atoms with Crippen molar-refractivity contribution in [2.24, 2.45) is 0 Å². The highest BCUT2D eigenvalue weighted by Gasteiger charge is 2.32. The third-order valence-electron chi connectivity index (χ3n) is 2.71. The second-order valence-electron chi connectivity index (χ2n) is 3.70. The SMILES string of the molecule is CC1([N+](=O)[O-])C=CC2=C(C=C1)CC2. The van der Waals surface area contributed by atoms with Crippen molar-refractivity contribution in [1.29, 1.82) is 0 Å². The van der Waals surface area contributed by atoms with Crippen LogP contribution in [0.15, 0.2) is 35.5 Å². The number of hydrogen-bond acceptors (Lipinski definition) is 2. The summed E-state index contributed by atoms with van der Waals surface area (Å²) in [5, 5.41) is 10.7. The molecule has 0 aliphatic heterocycles. The summed E-state index contributed by atoms with van der Waals surface area (Å²) in [5.74, 6) is 0. The first-order valence-electron chi connectivity index (χ1n) is 4.37. The summed E-state index contributed by atoms with van der Waals surface area (Å²) in [6.45, 7) is 1.62. The Bertz CT molecular complexity index is 326. The van der Waals surface area contributed by atoms with E-state index in [0.717, 1.165) is 12.8 Å². The number of hydrogen-bond donors (Lipinski definition) is 0. The molecule has 68 valence electrons. The number of nitrogens with zero attached hydrogens (tertiary/aromatic N) is 1. The average Bonchev–Trinajstić information content (AvgIpc) is 2.11. The summed E-state index contributed by atoms with van der Waals surface area (Å²) in [4.78, 5) is 10.5. The molecule has 2 aliphatic carbocycles. The average molecular weight is 177 g/mol. The lowest BCUT2D eigenvalue weighted by Gasteiger charge is -2.16. The summed E-state index contributed by atoms with van der Waals surface area (Å²) in [5.41, 5.74) is 1.49. The molecule has 0 saturated carbocycles. The highest BCUT2D eigenvalue weighted by molar-refractivity contribution is 5.45. The third-order valence-corrected chi connectivity index (χ3v) is 2.71. The fourth-order valence-corrected chi connectivity index (χ4v) is 1.51. The van der Waals surface area contributed by atoms with Gasteiger partial charge in [0.2, 0.25) is 0 Å². The summed E-state index contributed by atoms with van der Waals surface area (Å²) in [6.07, 6.45) is 9.24. The van der Waals surface area contributed by atoms with E-state index in [4.69, 9.17) is 0 Å². The molecule has 13 heavy (non-hydrogen) atoms. The van der Waals surface area contributed by atoms with Gasteiger partial charge in [-0.3, -0.25) is 10.1 Å². The Morgan fingerprint density at radius 3 is 2.08 bits per heavy atom. The second-order valence-corrected chi connectivity index (χ2v) is 3.70. The van der Waals surface area contributed by atoms with Crippen molar-refractivity contribution in [1.82, 2.24) is 0 Å². The largest absolute Gasteiger partial charge is 0.263 e. The molecule has 3 heteroatoms. The van der Waals surface area contributed by atoms with E-state index in [1.54, 1.807) is 19.1 Å². The molecule has 0 aromatic carbocycles. The van der Waals surface area contributed by atoms with Crippen molar-refractivity contribution in [3.8, 4) is 0 Å². The fraction of sp³-hybridized carbons (Fsp3) is 0.400. The van der Waals surface area contributed by atoms with E-state index in [9.17, 15) is 10.1 Å². The minimum absolute atomic E-state index is 0.258. The smallest absolute Gasteiger partial charge is 0.256 e. The Kier molecular flexibility index (Phi) is 1.62. The van der Waals surface area contributed by atoms with Crippen molar-refractivity contribution in [3.05, 3.63) is 45.6 Å². The van der Waals surface area contributed by atoms with E-state index < -0.39 is 5.54 Å². The van der Waals surface area contributed by atoms with Crippen molar-refractivity contribution in [2.75, 3.05) is 0 Å². The molecule has 0 aromatic rings. The van der Waals surface area contributed by atoms with Gasteiger partial charge in [-0.15, -0.1) is 0 Å². The lowest BCUT2D eigenvalue weighted by atomic mass is 9.89. The van der Waals surface area contributed by atoms with E-state index in [0.29, 0.717) is 0 Å². The second kappa shape index (κ2) is 2.55. The lowest BCUT2D eigenvalue weighted by molar-refractivity contribution is -0.535. The van der Waals surface area contributed by atoms with Gasteiger partial charge >= 0.3 is 0 Å². The van der Waals surface area contributed by atoms with Gasteiger partial charge in [-0.05, 0) is 36.1 Å². The first-order chi connectivity index (χ1) is 6.12. The molecule has 0 amide bonds. The van der Waals surface area contributed by atoms with E-state index >= 15 is 0 Å². The Hall–Kier alpha value is -1.38. The maximum atomic E-state index is 10.7. The Balaban J connectivity index is 2.36. The Labute approximate surface area is 76.6 Å². The van der Waals surface area contributed by atoms with E-state index in [1.165, 1.54) is 11.1 Å². The van der Waals surface area contributed by atoms with Gasteiger partial charge in [-0.1, -0.05) is 12.2 Å². The van der Waals surface area contributed by atoms with Crippen molar-refractivity contribution >= 4 is 0 Å². The molecule has 0 heterocycles. The topological polar surface area (TPSA) is 43.1 Å². The van der Waals surface area contributed by atoms with Crippen LogP contribution in [0, 0.1) is 10.1 Å². The van der Waals surface area contributed by atoms with E-state index in [2.05, 4.69) is 0 Å². The quantitative estimate of drug-likeness (QED) is 0.455. The molecule has 3 nitrogen and oxygen atoms in total.